The van der Waals surface area contributed by atoms with Crippen LogP contribution in [0.2, 0.25) is 0 Å². The molecule has 29 heavy (non-hydrogen) atoms. The van der Waals surface area contributed by atoms with Crippen molar-refractivity contribution in [2.45, 2.75) is 72.6 Å². The summed E-state index contributed by atoms with van der Waals surface area (Å²) in [5.74, 6) is -0.334. The maximum Gasteiger partial charge on any atom is 0.163 e. The predicted molar refractivity (Wildman–Crippen MR) is 116 cm³/mol. The Kier molecular flexibility index (Phi) is 5.99. The Hall–Kier alpha value is -2.62. The van der Waals surface area contributed by atoms with Crippen LogP contribution in [-0.2, 0) is 17.3 Å². The van der Waals surface area contributed by atoms with Crippen LogP contribution in [0.1, 0.15) is 98.4 Å². The average molecular weight is 397 g/mol. The molecule has 0 aliphatic heterocycles. The van der Waals surface area contributed by atoms with Gasteiger partial charge in [-0.15, -0.1) is 0 Å². The number of benzene rings is 2. The minimum atomic E-state index is -0.333. The highest BCUT2D eigenvalue weighted by molar-refractivity contribution is 5.98. The van der Waals surface area contributed by atoms with Gasteiger partial charge in [-0.25, -0.2) is 0 Å². The van der Waals surface area contributed by atoms with E-state index in [-0.39, 0.29) is 33.9 Å². The highest BCUT2D eigenvalue weighted by Crippen LogP contribution is 2.37. The lowest BCUT2D eigenvalue weighted by atomic mass is 9.81. The zero-order valence-electron chi connectivity index (χ0n) is 18.7. The first-order chi connectivity index (χ1) is 13.1. The number of Topliss-reactive ketones (excluding diaryl/α,β-unsaturated/α-hetero) is 2. The molecule has 2 N–H and O–H groups in total. The van der Waals surface area contributed by atoms with Crippen molar-refractivity contribution in [3.05, 3.63) is 57.6 Å². The molecule has 0 saturated carbocycles. The van der Waals surface area contributed by atoms with E-state index in [1.165, 1.54) is 13.8 Å². The van der Waals surface area contributed by atoms with E-state index >= 15 is 0 Å². The van der Waals surface area contributed by atoms with Crippen LogP contribution in [0, 0.1) is 0 Å². The van der Waals surface area contributed by atoms with Gasteiger partial charge in [0.05, 0.1) is 11.1 Å². The Morgan fingerprint density at radius 1 is 0.690 bits per heavy atom. The zero-order valence-corrected chi connectivity index (χ0v) is 18.7. The molecule has 4 heteroatoms. The minimum absolute atomic E-state index is 0.0271. The largest absolute Gasteiger partial charge is 0.507 e. The van der Waals surface area contributed by atoms with Crippen molar-refractivity contribution >= 4 is 11.6 Å². The summed E-state index contributed by atoms with van der Waals surface area (Å²) in [7, 11) is 0. The van der Waals surface area contributed by atoms with E-state index in [1.807, 2.05) is 53.7 Å². The molecule has 2 rings (SSSR count). The van der Waals surface area contributed by atoms with Crippen LogP contribution in [0.25, 0.3) is 0 Å². The molecule has 0 bridgehead atoms. The summed E-state index contributed by atoms with van der Waals surface area (Å²) in [4.78, 5) is 24.2. The summed E-state index contributed by atoms with van der Waals surface area (Å²) in [6.45, 7) is 14.8. The molecule has 0 radical (unpaired) electrons. The molecule has 4 nitrogen and oxygen atoms in total. The maximum absolute atomic E-state index is 12.1. The van der Waals surface area contributed by atoms with Crippen molar-refractivity contribution < 1.29 is 19.8 Å². The molecular formula is C25H32O4. The van der Waals surface area contributed by atoms with Gasteiger partial charge in [0.1, 0.15) is 11.5 Å². The standard InChI is InChI=1S/C25H32O4/c1-14(26)18-10-16(12-20(22(18)28)24(3,4)5)9-17-11-19(15(2)27)23(29)21(13-17)25(6,7)8/h10-13,28-29H,9H2,1-8H3. The van der Waals surface area contributed by atoms with Gasteiger partial charge in [0.25, 0.3) is 0 Å². The van der Waals surface area contributed by atoms with Gasteiger partial charge in [-0.05, 0) is 54.4 Å². The fourth-order valence-electron chi connectivity index (χ4n) is 3.51. The fourth-order valence-corrected chi connectivity index (χ4v) is 3.51. The van der Waals surface area contributed by atoms with Gasteiger partial charge in [0.15, 0.2) is 11.6 Å². The molecule has 0 heterocycles. The second-order valence-electron chi connectivity index (χ2n) is 9.87. The Morgan fingerprint density at radius 2 is 1.00 bits per heavy atom. The molecule has 0 saturated heterocycles. The molecule has 0 spiro atoms. The molecule has 0 aliphatic rings. The summed E-state index contributed by atoms with van der Waals surface area (Å²) >= 11 is 0. The van der Waals surface area contributed by atoms with Crippen molar-refractivity contribution in [3.63, 3.8) is 0 Å². The van der Waals surface area contributed by atoms with E-state index in [2.05, 4.69) is 0 Å². The second kappa shape index (κ2) is 7.66. The number of ketones is 2. The van der Waals surface area contributed by atoms with Crippen LogP contribution >= 0.6 is 0 Å². The SMILES string of the molecule is CC(=O)c1cc(Cc2cc(C(C)=O)c(O)c(C(C)(C)C)c2)cc(C(C)(C)C)c1O. The number of hydrogen-bond acceptors (Lipinski definition) is 4. The highest BCUT2D eigenvalue weighted by atomic mass is 16.3. The van der Waals surface area contributed by atoms with Gasteiger partial charge in [0, 0.05) is 11.1 Å². The summed E-state index contributed by atoms with van der Waals surface area (Å²) in [5, 5.41) is 21.2. The Morgan fingerprint density at radius 3 is 1.24 bits per heavy atom. The van der Waals surface area contributed by atoms with Gasteiger partial charge in [0.2, 0.25) is 0 Å². The zero-order chi connectivity index (χ0) is 22.3. The fraction of sp³-hybridized carbons (Fsp3) is 0.440. The van der Waals surface area contributed by atoms with Crippen molar-refractivity contribution in [2.24, 2.45) is 0 Å². The third-order valence-corrected chi connectivity index (χ3v) is 5.12. The molecule has 2 aromatic carbocycles. The van der Waals surface area contributed by atoms with Gasteiger partial charge in [-0.1, -0.05) is 53.7 Å². The maximum atomic E-state index is 12.1. The normalized spacial score (nSPS) is 12.1. The van der Waals surface area contributed by atoms with Crippen molar-refractivity contribution in [1.29, 1.82) is 0 Å². The number of carbonyl (C=O) groups excluding carboxylic acids is 2. The molecule has 0 aliphatic carbocycles. The lowest BCUT2D eigenvalue weighted by molar-refractivity contribution is 0.100. The van der Waals surface area contributed by atoms with Crippen LogP contribution < -0.4 is 0 Å². The van der Waals surface area contributed by atoms with Gasteiger partial charge in [-0.2, -0.15) is 0 Å². The van der Waals surface area contributed by atoms with Crippen LogP contribution in [0.15, 0.2) is 24.3 Å². The molecule has 0 amide bonds. The number of phenolic OH excluding ortho intramolecular Hbond substituents is 2. The summed E-state index contributed by atoms with van der Waals surface area (Å²) < 4.78 is 0. The Balaban J connectivity index is 2.68. The quantitative estimate of drug-likeness (QED) is 0.651. The lowest BCUT2D eigenvalue weighted by Crippen LogP contribution is -2.15. The summed E-state index contributed by atoms with van der Waals surface area (Å²) in [6, 6.07) is 7.26. The van der Waals surface area contributed by atoms with E-state index in [9.17, 15) is 19.8 Å². The number of hydrogen-bond donors (Lipinski definition) is 2. The van der Waals surface area contributed by atoms with Crippen LogP contribution in [-0.4, -0.2) is 21.8 Å². The molecule has 0 fully saturated rings. The molecular weight excluding hydrogens is 364 g/mol. The second-order valence-corrected chi connectivity index (χ2v) is 9.87. The van der Waals surface area contributed by atoms with Crippen LogP contribution in [0.5, 0.6) is 11.5 Å². The topological polar surface area (TPSA) is 74.6 Å². The number of aromatic hydroxyl groups is 2. The molecule has 2 aromatic rings. The highest BCUT2D eigenvalue weighted by Gasteiger charge is 2.25. The van der Waals surface area contributed by atoms with Crippen molar-refractivity contribution in [2.75, 3.05) is 0 Å². The summed E-state index contributed by atoms with van der Waals surface area (Å²) in [6.07, 6.45) is 0.479. The number of phenols is 2. The van der Waals surface area contributed by atoms with Crippen molar-refractivity contribution in [1.82, 2.24) is 0 Å². The minimum Gasteiger partial charge on any atom is -0.507 e. The van der Waals surface area contributed by atoms with Gasteiger partial charge >= 0.3 is 0 Å². The monoisotopic (exact) mass is 396 g/mol. The lowest BCUT2D eigenvalue weighted by Gasteiger charge is -2.24. The Labute approximate surface area is 173 Å². The smallest absolute Gasteiger partial charge is 0.163 e. The van der Waals surface area contributed by atoms with E-state index in [0.29, 0.717) is 28.7 Å². The molecule has 0 unspecified atom stereocenters. The summed E-state index contributed by atoms with van der Waals surface area (Å²) in [5.41, 5.74) is 3.10. The van der Waals surface area contributed by atoms with Gasteiger partial charge < -0.3 is 10.2 Å². The van der Waals surface area contributed by atoms with E-state index in [1.54, 1.807) is 12.1 Å². The first-order valence-corrected chi connectivity index (χ1v) is 9.87. The Bertz CT molecular complexity index is 890. The molecule has 156 valence electrons. The number of carbonyl (C=O) groups is 2. The first-order valence-electron chi connectivity index (χ1n) is 9.87. The van der Waals surface area contributed by atoms with E-state index in [4.69, 9.17) is 0 Å². The van der Waals surface area contributed by atoms with Crippen LogP contribution in [0.3, 0.4) is 0 Å². The third kappa shape index (κ3) is 4.87. The van der Waals surface area contributed by atoms with Gasteiger partial charge in [-0.3, -0.25) is 9.59 Å². The first kappa shape index (κ1) is 22.7. The molecule has 0 aromatic heterocycles. The van der Waals surface area contributed by atoms with Crippen molar-refractivity contribution in [3.8, 4) is 11.5 Å². The molecule has 0 atom stereocenters. The number of rotatable bonds is 4. The van der Waals surface area contributed by atoms with E-state index in [0.717, 1.165) is 11.1 Å². The average Bonchev–Trinajstić information content (AvgIpc) is 2.55. The van der Waals surface area contributed by atoms with Crippen LogP contribution in [0.4, 0.5) is 0 Å². The van der Waals surface area contributed by atoms with E-state index < -0.39 is 0 Å². The third-order valence-electron chi connectivity index (χ3n) is 5.12. The predicted octanol–water partition coefficient (Wildman–Crippen LogP) is 5.69.